The molecule has 2 N–H and O–H groups in total. The fraction of sp³-hybridized carbons (Fsp3) is 0.292. The zero-order chi connectivity index (χ0) is 24.2. The normalized spacial score (nSPS) is 12.6. The quantitative estimate of drug-likeness (QED) is 0.534. The predicted molar refractivity (Wildman–Crippen MR) is 127 cm³/mol. The molecule has 0 saturated heterocycles. The molecule has 1 aliphatic heterocycles. The number of ether oxygens (including phenoxy) is 3. The van der Waals surface area contributed by atoms with Crippen LogP contribution in [0.4, 0.5) is 0 Å². The van der Waals surface area contributed by atoms with Gasteiger partial charge in [-0.3, -0.25) is 14.7 Å². The number of nitrogens with zero attached hydrogens (tertiary/aromatic N) is 2. The topological polar surface area (TPSA) is 106 Å². The molecule has 1 aromatic heterocycles. The molecular weight excluding hydrogens is 460 g/mol. The third-order valence-electron chi connectivity index (χ3n) is 5.71. The number of amides is 2. The van der Waals surface area contributed by atoms with E-state index in [4.69, 9.17) is 25.8 Å². The first kappa shape index (κ1) is 23.4. The van der Waals surface area contributed by atoms with Crippen molar-refractivity contribution >= 4 is 23.4 Å². The molecule has 2 aromatic carbocycles. The summed E-state index contributed by atoms with van der Waals surface area (Å²) in [6, 6.07) is 10.5. The molecule has 0 unspecified atom stereocenters. The monoisotopic (exact) mass is 484 g/mol. The maximum absolute atomic E-state index is 12.9. The Morgan fingerprint density at radius 2 is 1.85 bits per heavy atom. The number of carbonyl (C=O) groups is 2. The molecule has 34 heavy (non-hydrogen) atoms. The van der Waals surface area contributed by atoms with Crippen molar-refractivity contribution in [2.45, 2.75) is 13.0 Å². The number of halogens is 1. The second-order valence-electron chi connectivity index (χ2n) is 7.70. The van der Waals surface area contributed by atoms with Crippen LogP contribution in [0.3, 0.4) is 0 Å². The average molecular weight is 485 g/mol. The van der Waals surface area contributed by atoms with E-state index in [1.54, 1.807) is 11.0 Å². The molecule has 0 aliphatic carbocycles. The van der Waals surface area contributed by atoms with Gasteiger partial charge in [-0.25, -0.2) is 0 Å². The van der Waals surface area contributed by atoms with Gasteiger partial charge in [-0.05, 0) is 24.3 Å². The molecule has 0 atom stereocenters. The van der Waals surface area contributed by atoms with Crippen molar-refractivity contribution in [1.82, 2.24) is 20.4 Å². The van der Waals surface area contributed by atoms with Crippen LogP contribution in [-0.2, 0) is 17.8 Å². The minimum absolute atomic E-state index is 0.144. The Hall–Kier alpha value is -3.72. The van der Waals surface area contributed by atoms with Crippen LogP contribution in [-0.4, -0.2) is 61.3 Å². The van der Waals surface area contributed by atoms with Gasteiger partial charge in [0.2, 0.25) is 11.7 Å². The third-order valence-corrected chi connectivity index (χ3v) is 5.95. The first-order chi connectivity index (χ1) is 16.4. The van der Waals surface area contributed by atoms with E-state index in [-0.39, 0.29) is 12.5 Å². The SMILES string of the molecule is COc1cc(C(=O)NCC(=O)N2CCc3[nH]nc(-c4cccc(Cl)c4)c3C2)cc(OC)c1OC. The Morgan fingerprint density at radius 1 is 1.12 bits per heavy atom. The molecule has 2 amide bonds. The molecule has 0 fully saturated rings. The Kier molecular flexibility index (Phi) is 6.93. The van der Waals surface area contributed by atoms with Gasteiger partial charge >= 0.3 is 0 Å². The summed E-state index contributed by atoms with van der Waals surface area (Å²) in [5.41, 5.74) is 3.91. The molecular formula is C24H25ClN4O5. The first-order valence-corrected chi connectivity index (χ1v) is 11.0. The lowest BCUT2D eigenvalue weighted by atomic mass is 10.0. The number of aromatic nitrogens is 2. The van der Waals surface area contributed by atoms with E-state index in [0.29, 0.717) is 47.3 Å². The smallest absolute Gasteiger partial charge is 0.251 e. The summed E-state index contributed by atoms with van der Waals surface area (Å²) < 4.78 is 15.9. The highest BCUT2D eigenvalue weighted by molar-refractivity contribution is 6.30. The van der Waals surface area contributed by atoms with Gasteiger partial charge < -0.3 is 24.4 Å². The molecule has 4 rings (SSSR count). The van der Waals surface area contributed by atoms with Gasteiger partial charge in [0, 0.05) is 46.9 Å². The molecule has 10 heteroatoms. The zero-order valence-corrected chi connectivity index (χ0v) is 19.9. The number of carbonyl (C=O) groups excluding carboxylic acids is 2. The summed E-state index contributed by atoms with van der Waals surface area (Å²) in [5, 5.41) is 10.8. The van der Waals surface area contributed by atoms with Crippen LogP contribution < -0.4 is 19.5 Å². The van der Waals surface area contributed by atoms with Gasteiger partial charge in [-0.15, -0.1) is 0 Å². The van der Waals surface area contributed by atoms with Crippen LogP contribution in [0.1, 0.15) is 21.6 Å². The lowest BCUT2D eigenvalue weighted by Crippen LogP contribution is -2.42. The molecule has 0 saturated carbocycles. The van der Waals surface area contributed by atoms with Gasteiger partial charge in [0.25, 0.3) is 5.91 Å². The van der Waals surface area contributed by atoms with Gasteiger partial charge in [0.05, 0.1) is 33.6 Å². The van der Waals surface area contributed by atoms with Crippen LogP contribution in [0.5, 0.6) is 17.2 Å². The molecule has 0 bridgehead atoms. The van der Waals surface area contributed by atoms with E-state index in [9.17, 15) is 9.59 Å². The fourth-order valence-corrected chi connectivity index (χ4v) is 4.15. The largest absolute Gasteiger partial charge is 0.493 e. The maximum Gasteiger partial charge on any atom is 0.251 e. The predicted octanol–water partition coefficient (Wildman–Crippen LogP) is 3.07. The van der Waals surface area contributed by atoms with E-state index < -0.39 is 5.91 Å². The van der Waals surface area contributed by atoms with Crippen LogP contribution in [0.2, 0.25) is 5.02 Å². The standard InChI is InChI=1S/C24H25ClN4O5/c1-32-19-10-15(11-20(33-2)23(19)34-3)24(31)26-12-21(30)29-8-7-18-17(13-29)22(28-27-18)14-5-4-6-16(25)9-14/h4-6,9-11H,7-8,12-13H2,1-3H3,(H,26,31)(H,27,28). The van der Waals surface area contributed by atoms with Crippen molar-refractivity contribution in [3.63, 3.8) is 0 Å². The lowest BCUT2D eigenvalue weighted by Gasteiger charge is -2.27. The van der Waals surface area contributed by atoms with Crippen molar-refractivity contribution in [3.8, 4) is 28.5 Å². The van der Waals surface area contributed by atoms with E-state index >= 15 is 0 Å². The van der Waals surface area contributed by atoms with Gasteiger partial charge in [0.1, 0.15) is 0 Å². The van der Waals surface area contributed by atoms with E-state index in [1.807, 2.05) is 18.2 Å². The summed E-state index contributed by atoms with van der Waals surface area (Å²) in [6.07, 6.45) is 0.648. The number of hydrogen-bond acceptors (Lipinski definition) is 6. The van der Waals surface area contributed by atoms with Crippen molar-refractivity contribution in [2.24, 2.45) is 0 Å². The molecule has 0 radical (unpaired) electrons. The molecule has 178 valence electrons. The van der Waals surface area contributed by atoms with E-state index in [2.05, 4.69) is 15.5 Å². The Morgan fingerprint density at radius 3 is 2.50 bits per heavy atom. The second-order valence-corrected chi connectivity index (χ2v) is 8.14. The van der Waals surface area contributed by atoms with E-state index in [1.165, 1.54) is 33.5 Å². The summed E-state index contributed by atoms with van der Waals surface area (Å²) in [6.45, 7) is 0.783. The van der Waals surface area contributed by atoms with Crippen LogP contribution in [0, 0.1) is 0 Å². The second kappa shape index (κ2) is 10.0. The number of fused-ring (bicyclic) bond motifs is 1. The average Bonchev–Trinajstić information content (AvgIpc) is 3.29. The summed E-state index contributed by atoms with van der Waals surface area (Å²) in [4.78, 5) is 27.3. The van der Waals surface area contributed by atoms with Crippen molar-refractivity contribution in [2.75, 3.05) is 34.4 Å². The zero-order valence-electron chi connectivity index (χ0n) is 19.1. The highest BCUT2D eigenvalue weighted by Gasteiger charge is 2.26. The number of methoxy groups -OCH3 is 3. The van der Waals surface area contributed by atoms with Gasteiger partial charge in [-0.2, -0.15) is 5.10 Å². The third kappa shape index (κ3) is 4.65. The van der Waals surface area contributed by atoms with E-state index in [0.717, 1.165) is 22.5 Å². The number of benzene rings is 2. The molecule has 9 nitrogen and oxygen atoms in total. The first-order valence-electron chi connectivity index (χ1n) is 10.6. The highest BCUT2D eigenvalue weighted by atomic mass is 35.5. The Balaban J connectivity index is 1.44. The Bertz CT molecular complexity index is 1200. The van der Waals surface area contributed by atoms with Crippen LogP contribution >= 0.6 is 11.6 Å². The van der Waals surface area contributed by atoms with Crippen molar-refractivity contribution < 1.29 is 23.8 Å². The number of rotatable bonds is 7. The Labute approximate surface area is 201 Å². The molecule has 0 spiro atoms. The molecule has 1 aliphatic rings. The fourth-order valence-electron chi connectivity index (χ4n) is 3.96. The number of aromatic amines is 1. The lowest BCUT2D eigenvalue weighted by molar-refractivity contribution is -0.131. The molecule has 2 heterocycles. The summed E-state index contributed by atoms with van der Waals surface area (Å²) in [7, 11) is 4.43. The number of nitrogens with one attached hydrogen (secondary N) is 2. The maximum atomic E-state index is 12.9. The van der Waals surface area contributed by atoms with Gasteiger partial charge in [0.15, 0.2) is 11.5 Å². The molecule has 3 aromatic rings. The van der Waals surface area contributed by atoms with Crippen molar-refractivity contribution in [3.05, 3.63) is 58.2 Å². The number of hydrogen-bond donors (Lipinski definition) is 2. The highest BCUT2D eigenvalue weighted by Crippen LogP contribution is 2.38. The minimum Gasteiger partial charge on any atom is -0.493 e. The van der Waals surface area contributed by atoms with Crippen LogP contribution in [0.15, 0.2) is 36.4 Å². The van der Waals surface area contributed by atoms with Gasteiger partial charge in [-0.1, -0.05) is 23.7 Å². The minimum atomic E-state index is -0.423. The van der Waals surface area contributed by atoms with Crippen molar-refractivity contribution in [1.29, 1.82) is 0 Å². The summed E-state index contributed by atoms with van der Waals surface area (Å²) >= 11 is 6.14. The van der Waals surface area contributed by atoms with Crippen LogP contribution in [0.25, 0.3) is 11.3 Å². The number of H-pyrrole nitrogens is 1. The summed E-state index contributed by atoms with van der Waals surface area (Å²) in [5.74, 6) is 0.487.